The Morgan fingerprint density at radius 1 is 1.53 bits per heavy atom. The van der Waals surface area contributed by atoms with Crippen molar-refractivity contribution in [1.82, 2.24) is 0 Å². The lowest BCUT2D eigenvalue weighted by Gasteiger charge is -2.10. The third-order valence-corrected chi connectivity index (χ3v) is 2.68. The molecule has 1 aliphatic rings. The zero-order valence-corrected chi connectivity index (χ0v) is 8.02. The summed E-state index contributed by atoms with van der Waals surface area (Å²) >= 11 is 0. The van der Waals surface area contributed by atoms with Gasteiger partial charge in [0.2, 0.25) is 0 Å². The van der Waals surface area contributed by atoms with Crippen LogP contribution in [0.2, 0.25) is 0 Å². The largest absolute Gasteiger partial charge is 0.324 e. The van der Waals surface area contributed by atoms with Gasteiger partial charge in [-0.25, -0.2) is 4.39 Å². The Balaban J connectivity index is 2.40. The molecule has 1 aromatic rings. The summed E-state index contributed by atoms with van der Waals surface area (Å²) in [6, 6.07) is 3.21. The molecule has 1 aliphatic carbocycles. The average molecular weight is 210 g/mol. The van der Waals surface area contributed by atoms with Crippen molar-refractivity contribution in [3.63, 3.8) is 0 Å². The molecule has 5 heteroatoms. The molecule has 80 valence electrons. The van der Waals surface area contributed by atoms with Gasteiger partial charge >= 0.3 is 0 Å². The number of hydrogen-bond acceptors (Lipinski definition) is 3. The van der Waals surface area contributed by atoms with Crippen LogP contribution in [0.4, 0.5) is 10.1 Å². The predicted molar refractivity (Wildman–Crippen MR) is 52.7 cm³/mol. The van der Waals surface area contributed by atoms with Crippen LogP contribution in [-0.4, -0.2) is 4.92 Å². The SMILES string of the molecule is N[C@H](c1ccc(F)cc1[N+](=O)[O-])C1CC1. The van der Waals surface area contributed by atoms with E-state index < -0.39 is 10.7 Å². The molecule has 1 aromatic carbocycles. The Morgan fingerprint density at radius 3 is 2.73 bits per heavy atom. The topological polar surface area (TPSA) is 69.2 Å². The number of nitrogens with two attached hydrogens (primary N) is 1. The molecule has 0 saturated heterocycles. The van der Waals surface area contributed by atoms with Crippen molar-refractivity contribution in [2.75, 3.05) is 0 Å². The lowest BCUT2D eigenvalue weighted by Crippen LogP contribution is -2.14. The minimum atomic E-state index is -0.603. The van der Waals surface area contributed by atoms with Gasteiger partial charge in [0.05, 0.1) is 11.0 Å². The van der Waals surface area contributed by atoms with Crippen LogP contribution in [0.3, 0.4) is 0 Å². The highest BCUT2D eigenvalue weighted by Gasteiger charge is 2.33. The molecule has 1 saturated carbocycles. The first-order valence-electron chi connectivity index (χ1n) is 4.79. The molecule has 0 bridgehead atoms. The number of benzene rings is 1. The summed E-state index contributed by atoms with van der Waals surface area (Å²) in [6.45, 7) is 0. The van der Waals surface area contributed by atoms with Gasteiger partial charge in [-0.2, -0.15) is 0 Å². The lowest BCUT2D eigenvalue weighted by molar-refractivity contribution is -0.386. The highest BCUT2D eigenvalue weighted by molar-refractivity contribution is 5.43. The zero-order chi connectivity index (χ0) is 11.0. The maximum Gasteiger partial charge on any atom is 0.277 e. The van der Waals surface area contributed by atoms with Crippen molar-refractivity contribution in [2.45, 2.75) is 18.9 Å². The van der Waals surface area contributed by atoms with Gasteiger partial charge in [-0.1, -0.05) is 0 Å². The fraction of sp³-hybridized carbons (Fsp3) is 0.400. The van der Waals surface area contributed by atoms with Gasteiger partial charge in [0.15, 0.2) is 0 Å². The fourth-order valence-electron chi connectivity index (χ4n) is 1.67. The summed E-state index contributed by atoms with van der Waals surface area (Å²) in [5, 5.41) is 10.7. The van der Waals surface area contributed by atoms with Crippen LogP contribution in [0, 0.1) is 21.8 Å². The molecular formula is C10H11FN2O2. The average Bonchev–Trinajstić information content (AvgIpc) is 2.99. The molecule has 0 spiro atoms. The highest BCUT2D eigenvalue weighted by atomic mass is 19.1. The quantitative estimate of drug-likeness (QED) is 0.613. The number of halogens is 1. The van der Waals surface area contributed by atoms with Crippen molar-refractivity contribution < 1.29 is 9.31 Å². The van der Waals surface area contributed by atoms with E-state index in [0.29, 0.717) is 11.5 Å². The second-order valence-corrected chi connectivity index (χ2v) is 3.82. The van der Waals surface area contributed by atoms with Crippen molar-refractivity contribution >= 4 is 5.69 Å². The molecule has 2 rings (SSSR count). The summed E-state index contributed by atoms with van der Waals surface area (Å²) in [5.41, 5.74) is 6.08. The van der Waals surface area contributed by atoms with E-state index in [9.17, 15) is 14.5 Å². The molecule has 0 aliphatic heterocycles. The molecule has 15 heavy (non-hydrogen) atoms. The van der Waals surface area contributed by atoms with Crippen LogP contribution in [0.25, 0.3) is 0 Å². The molecule has 1 fully saturated rings. The maximum atomic E-state index is 12.8. The Bertz CT molecular complexity index is 404. The molecule has 1 atom stereocenters. The minimum absolute atomic E-state index is 0.214. The maximum absolute atomic E-state index is 12.8. The minimum Gasteiger partial charge on any atom is -0.324 e. The zero-order valence-electron chi connectivity index (χ0n) is 8.02. The van der Waals surface area contributed by atoms with Crippen LogP contribution in [0.5, 0.6) is 0 Å². The van der Waals surface area contributed by atoms with E-state index in [4.69, 9.17) is 5.73 Å². The van der Waals surface area contributed by atoms with E-state index in [1.54, 1.807) is 0 Å². The van der Waals surface area contributed by atoms with Gasteiger partial charge in [-0.05, 0) is 30.9 Å². The Labute approximate surface area is 86.0 Å². The number of rotatable bonds is 3. The van der Waals surface area contributed by atoms with Gasteiger partial charge in [0.25, 0.3) is 5.69 Å². The first kappa shape index (κ1) is 10.0. The molecule has 4 nitrogen and oxygen atoms in total. The second kappa shape index (κ2) is 3.58. The lowest BCUT2D eigenvalue weighted by atomic mass is 10.0. The summed E-state index contributed by atoms with van der Waals surface area (Å²) in [5.74, 6) is -0.289. The van der Waals surface area contributed by atoms with Crippen LogP contribution in [-0.2, 0) is 0 Å². The summed E-state index contributed by atoms with van der Waals surface area (Å²) in [7, 11) is 0. The van der Waals surface area contributed by atoms with E-state index in [1.165, 1.54) is 12.1 Å². The van der Waals surface area contributed by atoms with Crippen molar-refractivity contribution in [2.24, 2.45) is 11.7 Å². The number of nitrogens with zero attached hydrogens (tertiary/aromatic N) is 1. The highest BCUT2D eigenvalue weighted by Crippen LogP contribution is 2.41. The molecule has 2 N–H and O–H groups in total. The fourth-order valence-corrected chi connectivity index (χ4v) is 1.67. The van der Waals surface area contributed by atoms with E-state index in [0.717, 1.165) is 18.9 Å². The summed E-state index contributed by atoms with van der Waals surface area (Å²) in [6.07, 6.45) is 1.99. The smallest absolute Gasteiger partial charge is 0.277 e. The van der Waals surface area contributed by atoms with Crippen molar-refractivity contribution in [3.05, 3.63) is 39.7 Å². The van der Waals surface area contributed by atoms with Crippen LogP contribution in [0.15, 0.2) is 18.2 Å². The third-order valence-electron chi connectivity index (χ3n) is 2.68. The third kappa shape index (κ3) is 1.97. The number of nitro benzene ring substituents is 1. The van der Waals surface area contributed by atoms with Crippen molar-refractivity contribution in [1.29, 1.82) is 0 Å². The van der Waals surface area contributed by atoms with E-state index in [1.807, 2.05) is 0 Å². The van der Waals surface area contributed by atoms with Gasteiger partial charge in [0.1, 0.15) is 5.82 Å². The number of nitro groups is 1. The van der Waals surface area contributed by atoms with Crippen LogP contribution in [0.1, 0.15) is 24.4 Å². The summed E-state index contributed by atoms with van der Waals surface area (Å²) in [4.78, 5) is 10.1. The van der Waals surface area contributed by atoms with Crippen LogP contribution < -0.4 is 5.73 Å². The Hall–Kier alpha value is -1.49. The first-order valence-corrected chi connectivity index (χ1v) is 4.79. The van der Waals surface area contributed by atoms with Gasteiger partial charge in [0, 0.05) is 11.6 Å². The van der Waals surface area contributed by atoms with E-state index >= 15 is 0 Å². The van der Waals surface area contributed by atoms with Crippen molar-refractivity contribution in [3.8, 4) is 0 Å². The molecule has 0 amide bonds. The van der Waals surface area contributed by atoms with E-state index in [-0.39, 0.29) is 11.7 Å². The van der Waals surface area contributed by atoms with E-state index in [2.05, 4.69) is 0 Å². The molecular weight excluding hydrogens is 199 g/mol. The van der Waals surface area contributed by atoms with Gasteiger partial charge in [-0.3, -0.25) is 10.1 Å². The molecule has 0 aromatic heterocycles. The summed E-state index contributed by atoms with van der Waals surface area (Å²) < 4.78 is 12.8. The Morgan fingerprint density at radius 2 is 2.20 bits per heavy atom. The standard InChI is InChI=1S/C10H11FN2O2/c11-7-3-4-8(9(5-7)13(14)15)10(12)6-1-2-6/h3-6,10H,1-2,12H2/t10-/m0/s1. The predicted octanol–water partition coefficient (Wildman–Crippen LogP) is 2.14. The van der Waals surface area contributed by atoms with Crippen LogP contribution >= 0.6 is 0 Å². The molecule has 0 heterocycles. The molecule has 0 unspecified atom stereocenters. The monoisotopic (exact) mass is 210 g/mol. The molecule has 0 radical (unpaired) electrons. The van der Waals surface area contributed by atoms with Gasteiger partial charge < -0.3 is 5.73 Å². The number of hydrogen-bond donors (Lipinski definition) is 1. The first-order chi connectivity index (χ1) is 7.09. The second-order valence-electron chi connectivity index (χ2n) is 3.82. The Kier molecular flexibility index (Phi) is 2.40. The van der Waals surface area contributed by atoms with Gasteiger partial charge in [-0.15, -0.1) is 0 Å². The normalized spacial score (nSPS) is 17.5.